The monoisotopic (exact) mass is 270 g/mol. The van der Waals surface area contributed by atoms with Crippen molar-refractivity contribution in [3.63, 3.8) is 0 Å². The predicted molar refractivity (Wildman–Crippen MR) is 66.6 cm³/mol. The van der Waals surface area contributed by atoms with Crippen LogP contribution >= 0.6 is 0 Å². The number of ether oxygens (including phenoxy) is 1. The van der Waals surface area contributed by atoms with Crippen molar-refractivity contribution < 1.29 is 34.3 Å². The Bertz CT molecular complexity index is 572. The summed E-state index contributed by atoms with van der Waals surface area (Å²) < 4.78 is 6.53. The van der Waals surface area contributed by atoms with Gasteiger partial charge in [-0.05, 0) is 19.1 Å². The van der Waals surface area contributed by atoms with Gasteiger partial charge in [-0.3, -0.25) is 4.79 Å². The van der Waals surface area contributed by atoms with E-state index in [1.807, 2.05) is 25.1 Å². The van der Waals surface area contributed by atoms with Crippen LogP contribution in [0.5, 0.6) is 5.75 Å². The van der Waals surface area contributed by atoms with Crippen molar-refractivity contribution in [2.45, 2.75) is 11.8 Å². The SMILES string of the molecule is CCOc1c([S-])cnn(-c2ccccc2)c1=O.[Na+]. The Morgan fingerprint density at radius 1 is 1.33 bits per heavy atom. The number of benzene rings is 1. The van der Waals surface area contributed by atoms with E-state index in [1.165, 1.54) is 10.9 Å². The molecule has 0 atom stereocenters. The van der Waals surface area contributed by atoms with Crippen molar-refractivity contribution in [1.29, 1.82) is 0 Å². The minimum Gasteiger partial charge on any atom is -0.774 e. The van der Waals surface area contributed by atoms with Gasteiger partial charge in [0.05, 0.1) is 12.3 Å². The largest absolute Gasteiger partial charge is 1.00 e. The molecule has 0 aliphatic heterocycles. The molecule has 0 radical (unpaired) electrons. The summed E-state index contributed by atoms with van der Waals surface area (Å²) in [4.78, 5) is 12.4. The molecule has 0 unspecified atom stereocenters. The van der Waals surface area contributed by atoms with E-state index in [0.29, 0.717) is 17.2 Å². The summed E-state index contributed by atoms with van der Waals surface area (Å²) in [5.41, 5.74) is 0.360. The van der Waals surface area contributed by atoms with Gasteiger partial charge in [-0.1, -0.05) is 18.2 Å². The molecule has 4 nitrogen and oxygen atoms in total. The molecule has 88 valence electrons. The second-order valence-electron chi connectivity index (χ2n) is 3.32. The minimum absolute atomic E-state index is 0. The van der Waals surface area contributed by atoms with Crippen molar-refractivity contribution in [1.82, 2.24) is 9.78 Å². The second kappa shape index (κ2) is 6.89. The van der Waals surface area contributed by atoms with E-state index in [9.17, 15) is 4.79 Å². The van der Waals surface area contributed by atoms with E-state index in [1.54, 1.807) is 12.1 Å². The standard InChI is InChI=1S/C12H12N2O2S.Na/c1-2-16-11-10(17)8-13-14(12(11)15)9-6-4-3-5-7-9;/h3-8,17H,2H2,1H3;/q;+1/p-1. The summed E-state index contributed by atoms with van der Waals surface area (Å²) in [6, 6.07) is 9.15. The average molecular weight is 270 g/mol. The summed E-state index contributed by atoms with van der Waals surface area (Å²) in [5, 5.41) is 4.01. The minimum atomic E-state index is -0.328. The molecule has 1 aromatic carbocycles. The van der Waals surface area contributed by atoms with Crippen LogP contribution in [0.1, 0.15) is 6.92 Å². The van der Waals surface area contributed by atoms with E-state index < -0.39 is 0 Å². The number of aromatic nitrogens is 2. The van der Waals surface area contributed by atoms with Crippen molar-refractivity contribution >= 4 is 12.6 Å². The Hall–Kier alpha value is -0.880. The Morgan fingerprint density at radius 2 is 2.00 bits per heavy atom. The molecule has 6 heteroatoms. The Balaban J connectivity index is 0.00000162. The number of rotatable bonds is 3. The molecule has 0 saturated carbocycles. The molecule has 1 heterocycles. The zero-order valence-corrected chi connectivity index (χ0v) is 13.1. The first-order valence-corrected chi connectivity index (χ1v) is 5.62. The van der Waals surface area contributed by atoms with Gasteiger partial charge in [0.15, 0.2) is 5.75 Å². The maximum atomic E-state index is 12.1. The Morgan fingerprint density at radius 3 is 2.61 bits per heavy atom. The van der Waals surface area contributed by atoms with E-state index in [2.05, 4.69) is 5.10 Å². The fourth-order valence-electron chi connectivity index (χ4n) is 1.45. The van der Waals surface area contributed by atoms with Gasteiger partial charge in [-0.25, -0.2) is 0 Å². The first-order valence-electron chi connectivity index (χ1n) is 5.21. The predicted octanol–water partition coefficient (Wildman–Crippen LogP) is -1.46. The molecule has 0 amide bonds. The van der Waals surface area contributed by atoms with Crippen LogP contribution in [0.25, 0.3) is 5.69 Å². The van der Waals surface area contributed by atoms with Gasteiger partial charge in [0.2, 0.25) is 0 Å². The van der Waals surface area contributed by atoms with Crippen molar-refractivity contribution in [3.8, 4) is 11.4 Å². The van der Waals surface area contributed by atoms with Gasteiger partial charge in [0.25, 0.3) is 0 Å². The number of nitrogens with zero attached hydrogens (tertiary/aromatic N) is 2. The second-order valence-corrected chi connectivity index (χ2v) is 3.76. The molecular weight excluding hydrogens is 259 g/mol. The van der Waals surface area contributed by atoms with E-state index in [0.717, 1.165) is 0 Å². The van der Waals surface area contributed by atoms with Crippen LogP contribution in [0, 0.1) is 0 Å². The first kappa shape index (κ1) is 15.2. The van der Waals surface area contributed by atoms with Gasteiger partial charge in [0, 0.05) is 6.20 Å². The smallest absolute Gasteiger partial charge is 0.774 e. The quantitative estimate of drug-likeness (QED) is 0.505. The van der Waals surface area contributed by atoms with E-state index in [4.69, 9.17) is 17.4 Å². The molecule has 0 N–H and O–H groups in total. The van der Waals surface area contributed by atoms with Gasteiger partial charge in [0.1, 0.15) is 0 Å². The van der Waals surface area contributed by atoms with E-state index >= 15 is 0 Å². The maximum Gasteiger partial charge on any atom is 1.00 e. The molecule has 0 spiro atoms. The molecule has 0 bridgehead atoms. The normalized spacial score (nSPS) is 9.61. The summed E-state index contributed by atoms with van der Waals surface area (Å²) in [6.45, 7) is 2.21. The molecular formula is C12H11N2NaO2S. The van der Waals surface area contributed by atoms with Crippen LogP contribution in [0.15, 0.2) is 46.2 Å². The molecule has 0 saturated heterocycles. The Kier molecular flexibility index (Phi) is 5.81. The van der Waals surface area contributed by atoms with Crippen molar-refractivity contribution in [3.05, 3.63) is 46.9 Å². The number of hydrogen-bond acceptors (Lipinski definition) is 4. The number of hydrogen-bond donors (Lipinski definition) is 0. The summed E-state index contributed by atoms with van der Waals surface area (Å²) >= 11 is 5.01. The number of para-hydroxylation sites is 1. The molecule has 1 aromatic heterocycles. The molecule has 0 aliphatic rings. The topological polar surface area (TPSA) is 44.1 Å². The third-order valence-corrected chi connectivity index (χ3v) is 2.48. The zero-order chi connectivity index (χ0) is 12.3. The summed E-state index contributed by atoms with van der Waals surface area (Å²) in [6.07, 6.45) is 1.45. The molecule has 0 aliphatic carbocycles. The Labute approximate surface area is 133 Å². The van der Waals surface area contributed by atoms with Crippen LogP contribution in [-0.2, 0) is 12.6 Å². The molecule has 0 fully saturated rings. The van der Waals surface area contributed by atoms with Gasteiger partial charge < -0.3 is 17.4 Å². The van der Waals surface area contributed by atoms with E-state index in [-0.39, 0.29) is 40.9 Å². The van der Waals surface area contributed by atoms with Crippen LogP contribution in [-0.4, -0.2) is 16.4 Å². The molecule has 18 heavy (non-hydrogen) atoms. The van der Waals surface area contributed by atoms with Crippen LogP contribution in [0.3, 0.4) is 0 Å². The fourth-order valence-corrected chi connectivity index (χ4v) is 1.65. The van der Waals surface area contributed by atoms with Crippen LogP contribution in [0.4, 0.5) is 0 Å². The van der Waals surface area contributed by atoms with Gasteiger partial charge in [-0.2, -0.15) is 9.78 Å². The third-order valence-electron chi connectivity index (χ3n) is 2.19. The first-order chi connectivity index (χ1) is 8.24. The van der Waals surface area contributed by atoms with Gasteiger partial charge in [-0.15, -0.1) is 4.90 Å². The van der Waals surface area contributed by atoms with Crippen molar-refractivity contribution in [2.24, 2.45) is 0 Å². The van der Waals surface area contributed by atoms with Crippen molar-refractivity contribution in [2.75, 3.05) is 6.61 Å². The van der Waals surface area contributed by atoms with Crippen LogP contribution in [0.2, 0.25) is 0 Å². The third kappa shape index (κ3) is 3.11. The van der Waals surface area contributed by atoms with Crippen LogP contribution < -0.4 is 39.9 Å². The van der Waals surface area contributed by atoms with Gasteiger partial charge >= 0.3 is 35.1 Å². The fraction of sp³-hybridized carbons (Fsp3) is 0.167. The maximum absolute atomic E-state index is 12.1. The molecule has 2 rings (SSSR count). The molecule has 2 aromatic rings. The average Bonchev–Trinajstić information content (AvgIpc) is 2.36. The summed E-state index contributed by atoms with van der Waals surface area (Å²) in [7, 11) is 0. The summed E-state index contributed by atoms with van der Waals surface area (Å²) in [5.74, 6) is 0.182. The zero-order valence-electron chi connectivity index (χ0n) is 10.3.